The first-order chi connectivity index (χ1) is 8.98. The van der Waals surface area contributed by atoms with Crippen molar-refractivity contribution < 1.29 is 5.11 Å². The maximum Gasteiger partial charge on any atom is 0.0987 e. The predicted octanol–water partition coefficient (Wildman–Crippen LogP) is 4.51. The zero-order valence-corrected chi connectivity index (χ0v) is 13.1. The van der Waals surface area contributed by atoms with Gasteiger partial charge in [-0.2, -0.15) is 5.26 Å². The second-order valence-corrected chi connectivity index (χ2v) is 6.73. The third kappa shape index (κ3) is 2.85. The Kier molecular flexibility index (Phi) is 4.32. The highest BCUT2D eigenvalue weighted by atomic mass is 79.9. The lowest BCUT2D eigenvalue weighted by molar-refractivity contribution is 0.0261. The van der Waals surface area contributed by atoms with Crippen molar-refractivity contribution in [2.45, 2.75) is 45.6 Å². The molecule has 1 fully saturated rings. The quantitative estimate of drug-likeness (QED) is 0.870. The first-order valence-corrected chi connectivity index (χ1v) is 7.63. The van der Waals surface area contributed by atoms with Gasteiger partial charge in [-0.05, 0) is 55.7 Å². The van der Waals surface area contributed by atoms with E-state index in [0.29, 0.717) is 5.92 Å². The Bertz CT molecular complexity index is 498. The number of nitriles is 1. The molecule has 102 valence electrons. The molecule has 0 amide bonds. The molecule has 1 N–H and O–H groups in total. The van der Waals surface area contributed by atoms with Gasteiger partial charge in [-0.15, -0.1) is 0 Å². The van der Waals surface area contributed by atoms with Crippen LogP contribution in [0.15, 0.2) is 22.7 Å². The van der Waals surface area contributed by atoms with Crippen molar-refractivity contribution in [2.24, 2.45) is 11.3 Å². The highest BCUT2D eigenvalue weighted by molar-refractivity contribution is 9.10. The third-order valence-corrected chi connectivity index (χ3v) is 5.05. The summed E-state index contributed by atoms with van der Waals surface area (Å²) in [6.07, 6.45) is 2.90. The first-order valence-electron chi connectivity index (χ1n) is 6.84. The van der Waals surface area contributed by atoms with Gasteiger partial charge in [0.2, 0.25) is 0 Å². The van der Waals surface area contributed by atoms with Gasteiger partial charge in [0.25, 0.3) is 0 Å². The van der Waals surface area contributed by atoms with Crippen LogP contribution in [0.5, 0.6) is 0 Å². The largest absolute Gasteiger partial charge is 0.387 e. The normalized spacial score (nSPS) is 28.7. The average Bonchev–Trinajstić information content (AvgIpc) is 2.39. The number of hydrogen-bond acceptors (Lipinski definition) is 2. The molecule has 0 bridgehead atoms. The lowest BCUT2D eigenvalue weighted by Gasteiger charge is -2.37. The molecule has 1 saturated carbocycles. The SMILES string of the molecule is Cc1ccc(C(O)C2(C#N)CCC(C)CC2)c(Br)c1. The van der Waals surface area contributed by atoms with E-state index in [9.17, 15) is 10.4 Å². The summed E-state index contributed by atoms with van der Waals surface area (Å²) in [7, 11) is 0. The van der Waals surface area contributed by atoms with Crippen LogP contribution in [-0.4, -0.2) is 5.11 Å². The van der Waals surface area contributed by atoms with Gasteiger partial charge in [0.05, 0.1) is 17.6 Å². The van der Waals surface area contributed by atoms with Gasteiger partial charge in [-0.25, -0.2) is 0 Å². The number of halogens is 1. The molecule has 2 rings (SSSR count). The monoisotopic (exact) mass is 321 g/mol. The molecule has 0 spiro atoms. The smallest absolute Gasteiger partial charge is 0.0987 e. The van der Waals surface area contributed by atoms with Crippen molar-refractivity contribution in [1.29, 1.82) is 5.26 Å². The van der Waals surface area contributed by atoms with E-state index in [-0.39, 0.29) is 0 Å². The number of aliphatic hydroxyl groups excluding tert-OH is 1. The van der Waals surface area contributed by atoms with Gasteiger partial charge in [0.15, 0.2) is 0 Å². The van der Waals surface area contributed by atoms with Crippen LogP contribution in [0.2, 0.25) is 0 Å². The van der Waals surface area contributed by atoms with Crippen LogP contribution in [0.25, 0.3) is 0 Å². The van der Waals surface area contributed by atoms with Crippen molar-refractivity contribution in [3.63, 3.8) is 0 Å². The fourth-order valence-electron chi connectivity index (χ4n) is 2.88. The van der Waals surface area contributed by atoms with Crippen molar-refractivity contribution >= 4 is 15.9 Å². The van der Waals surface area contributed by atoms with Crippen molar-refractivity contribution in [3.8, 4) is 6.07 Å². The molecule has 3 heteroatoms. The lowest BCUT2D eigenvalue weighted by atomic mass is 9.67. The standard InChI is InChI=1S/C16H20BrNO/c1-11-5-7-16(10-18,8-6-11)15(19)13-4-3-12(2)9-14(13)17/h3-4,9,11,15,19H,5-8H2,1-2H3. The second-order valence-electron chi connectivity index (χ2n) is 5.88. The Morgan fingerprint density at radius 1 is 1.42 bits per heavy atom. The molecule has 1 unspecified atom stereocenters. The van der Waals surface area contributed by atoms with Crippen molar-refractivity contribution in [2.75, 3.05) is 0 Å². The zero-order chi connectivity index (χ0) is 14.0. The molecular weight excluding hydrogens is 302 g/mol. The van der Waals surface area contributed by atoms with E-state index in [1.165, 1.54) is 0 Å². The van der Waals surface area contributed by atoms with E-state index in [4.69, 9.17) is 0 Å². The average molecular weight is 322 g/mol. The highest BCUT2D eigenvalue weighted by Gasteiger charge is 2.42. The van der Waals surface area contributed by atoms with Crippen molar-refractivity contribution in [1.82, 2.24) is 0 Å². The Balaban J connectivity index is 2.31. The van der Waals surface area contributed by atoms with Gasteiger partial charge in [-0.1, -0.05) is 35.0 Å². The topological polar surface area (TPSA) is 44.0 Å². The van der Waals surface area contributed by atoms with E-state index >= 15 is 0 Å². The Morgan fingerprint density at radius 3 is 2.58 bits per heavy atom. The summed E-state index contributed by atoms with van der Waals surface area (Å²) in [5, 5.41) is 20.3. The van der Waals surface area contributed by atoms with E-state index in [1.54, 1.807) is 0 Å². The molecule has 1 atom stereocenters. The van der Waals surface area contributed by atoms with Crippen molar-refractivity contribution in [3.05, 3.63) is 33.8 Å². The minimum atomic E-state index is -0.708. The molecule has 1 aromatic rings. The highest BCUT2D eigenvalue weighted by Crippen LogP contribution is 2.48. The van der Waals surface area contributed by atoms with Crippen LogP contribution in [0.4, 0.5) is 0 Å². The van der Waals surface area contributed by atoms with Crippen LogP contribution in [0.1, 0.15) is 49.8 Å². The molecular formula is C16H20BrNO. The molecule has 0 radical (unpaired) electrons. The number of rotatable bonds is 2. The number of nitrogens with zero attached hydrogens (tertiary/aromatic N) is 1. The molecule has 0 aromatic heterocycles. The summed E-state index contributed by atoms with van der Waals surface area (Å²) < 4.78 is 0.897. The van der Waals surface area contributed by atoms with Crippen LogP contribution in [-0.2, 0) is 0 Å². The summed E-state index contributed by atoms with van der Waals surface area (Å²) in [5.41, 5.74) is 1.36. The van der Waals surface area contributed by atoms with Gasteiger partial charge >= 0.3 is 0 Å². The number of hydrogen-bond donors (Lipinski definition) is 1. The van der Waals surface area contributed by atoms with Gasteiger partial charge in [-0.3, -0.25) is 0 Å². The molecule has 1 aromatic carbocycles. The predicted molar refractivity (Wildman–Crippen MR) is 79.5 cm³/mol. The summed E-state index contributed by atoms with van der Waals surface area (Å²) in [5.74, 6) is 0.662. The number of aliphatic hydroxyl groups is 1. The maximum atomic E-state index is 10.7. The fourth-order valence-corrected chi connectivity index (χ4v) is 3.59. The summed E-state index contributed by atoms with van der Waals surface area (Å²) in [6, 6.07) is 8.32. The Labute approximate surface area is 123 Å². The molecule has 0 heterocycles. The fraction of sp³-hybridized carbons (Fsp3) is 0.562. The van der Waals surface area contributed by atoms with Gasteiger partial charge in [0, 0.05) is 4.47 Å². The zero-order valence-electron chi connectivity index (χ0n) is 11.5. The van der Waals surface area contributed by atoms with Crippen LogP contribution in [0, 0.1) is 29.6 Å². The van der Waals surface area contributed by atoms with E-state index < -0.39 is 11.5 Å². The minimum absolute atomic E-state index is 0.621. The van der Waals surface area contributed by atoms with E-state index in [1.807, 2.05) is 25.1 Å². The maximum absolute atomic E-state index is 10.7. The second kappa shape index (κ2) is 5.64. The minimum Gasteiger partial charge on any atom is -0.387 e. The van der Waals surface area contributed by atoms with E-state index in [2.05, 4.69) is 28.9 Å². The summed E-state index contributed by atoms with van der Waals surface area (Å²) >= 11 is 3.51. The molecule has 0 aliphatic heterocycles. The number of benzene rings is 1. The molecule has 1 aliphatic rings. The molecule has 19 heavy (non-hydrogen) atoms. The lowest BCUT2D eigenvalue weighted by Crippen LogP contribution is -2.32. The van der Waals surface area contributed by atoms with Gasteiger partial charge < -0.3 is 5.11 Å². The number of aryl methyl sites for hydroxylation is 1. The van der Waals surface area contributed by atoms with Crippen LogP contribution in [0.3, 0.4) is 0 Å². The van der Waals surface area contributed by atoms with Crippen LogP contribution < -0.4 is 0 Å². The van der Waals surface area contributed by atoms with Gasteiger partial charge in [0.1, 0.15) is 0 Å². The summed E-state index contributed by atoms with van der Waals surface area (Å²) in [6.45, 7) is 4.23. The third-order valence-electron chi connectivity index (χ3n) is 4.36. The van der Waals surface area contributed by atoms with E-state index in [0.717, 1.165) is 41.3 Å². The molecule has 0 saturated heterocycles. The summed E-state index contributed by atoms with van der Waals surface area (Å²) in [4.78, 5) is 0. The molecule has 1 aliphatic carbocycles. The Hall–Kier alpha value is -0.850. The Morgan fingerprint density at radius 2 is 2.05 bits per heavy atom. The van der Waals surface area contributed by atoms with Crippen LogP contribution >= 0.6 is 15.9 Å². The first kappa shape index (κ1) is 14.6. The molecule has 2 nitrogen and oxygen atoms in total.